The number of amides is 1. The third-order valence-corrected chi connectivity index (χ3v) is 2.85. The minimum absolute atomic E-state index is 0.0173. The van der Waals surface area contributed by atoms with Crippen molar-refractivity contribution < 1.29 is 4.79 Å². The third-order valence-electron chi connectivity index (χ3n) is 2.59. The van der Waals surface area contributed by atoms with Crippen LogP contribution in [0.4, 0.5) is 0 Å². The molecule has 1 rings (SSSR count). The molecule has 1 amide bonds. The van der Waals surface area contributed by atoms with Crippen molar-refractivity contribution in [3.8, 4) is 6.07 Å². The lowest BCUT2D eigenvalue weighted by atomic mass is 9.78. The van der Waals surface area contributed by atoms with Crippen molar-refractivity contribution in [2.24, 2.45) is 0 Å². The number of halogens is 1. The zero-order valence-electron chi connectivity index (χ0n) is 8.18. The van der Waals surface area contributed by atoms with E-state index in [1.165, 1.54) is 0 Å². The highest BCUT2D eigenvalue weighted by molar-refractivity contribution is 6.17. The number of nitrogens with one attached hydrogen (secondary N) is 1. The normalized spacial score (nSPS) is 18.0. The van der Waals surface area contributed by atoms with Gasteiger partial charge in [-0.2, -0.15) is 5.26 Å². The summed E-state index contributed by atoms with van der Waals surface area (Å²) in [4.78, 5) is 11.4. The largest absolute Gasteiger partial charge is 0.338 e. The lowest BCUT2D eigenvalue weighted by molar-refractivity contribution is -0.123. The first-order valence-corrected chi connectivity index (χ1v) is 5.54. The first-order valence-electron chi connectivity index (χ1n) is 5.01. The van der Waals surface area contributed by atoms with E-state index >= 15 is 0 Å². The number of carbonyl (C=O) groups is 1. The number of hydrogen-bond donors (Lipinski definition) is 1. The maximum absolute atomic E-state index is 11.4. The molecular formula is C10H15ClN2O. The first-order chi connectivity index (χ1) is 6.72. The summed E-state index contributed by atoms with van der Waals surface area (Å²) >= 11 is 5.50. The number of nitriles is 1. The van der Waals surface area contributed by atoms with E-state index in [0.717, 1.165) is 32.1 Å². The van der Waals surface area contributed by atoms with Gasteiger partial charge in [0.2, 0.25) is 5.91 Å². The highest BCUT2D eigenvalue weighted by atomic mass is 35.5. The molecule has 14 heavy (non-hydrogen) atoms. The molecule has 0 aromatic heterocycles. The number of rotatable bonds is 5. The zero-order valence-corrected chi connectivity index (χ0v) is 8.94. The fourth-order valence-corrected chi connectivity index (χ4v) is 1.69. The molecule has 0 unspecified atom stereocenters. The lowest BCUT2D eigenvalue weighted by Crippen LogP contribution is -2.52. The van der Waals surface area contributed by atoms with Gasteiger partial charge in [0.25, 0.3) is 0 Å². The fourth-order valence-electron chi connectivity index (χ4n) is 1.50. The summed E-state index contributed by atoms with van der Waals surface area (Å²) in [6.45, 7) is 0. The van der Waals surface area contributed by atoms with Gasteiger partial charge in [-0.25, -0.2) is 0 Å². The highest BCUT2D eigenvalue weighted by Crippen LogP contribution is 2.30. The molecule has 0 aromatic carbocycles. The van der Waals surface area contributed by atoms with E-state index < -0.39 is 5.54 Å². The molecule has 0 aliphatic heterocycles. The molecule has 3 nitrogen and oxygen atoms in total. The Kier molecular flexibility index (Phi) is 4.21. The Labute approximate surface area is 89.4 Å². The zero-order chi connectivity index (χ0) is 10.4. The number of unbranched alkanes of at least 4 members (excludes halogenated alkanes) is 1. The minimum Gasteiger partial charge on any atom is -0.338 e. The Balaban J connectivity index is 2.23. The summed E-state index contributed by atoms with van der Waals surface area (Å²) in [5, 5.41) is 11.7. The number of hydrogen-bond acceptors (Lipinski definition) is 2. The van der Waals surface area contributed by atoms with E-state index in [1.54, 1.807) is 0 Å². The molecule has 1 aliphatic carbocycles. The fraction of sp³-hybridized carbons (Fsp3) is 0.800. The smallest absolute Gasteiger partial charge is 0.221 e. The molecule has 0 atom stereocenters. The van der Waals surface area contributed by atoms with Crippen molar-refractivity contribution in [1.82, 2.24) is 5.32 Å². The average Bonchev–Trinajstić information content (AvgIpc) is 2.12. The summed E-state index contributed by atoms with van der Waals surface area (Å²) in [6, 6.07) is 2.18. The maximum Gasteiger partial charge on any atom is 0.221 e. The molecule has 1 aliphatic rings. The Morgan fingerprint density at radius 3 is 2.64 bits per heavy atom. The van der Waals surface area contributed by atoms with Gasteiger partial charge in [-0.15, -0.1) is 11.6 Å². The van der Waals surface area contributed by atoms with Gasteiger partial charge in [-0.1, -0.05) is 0 Å². The van der Waals surface area contributed by atoms with Crippen LogP contribution < -0.4 is 5.32 Å². The van der Waals surface area contributed by atoms with Crippen molar-refractivity contribution in [2.75, 3.05) is 5.88 Å². The van der Waals surface area contributed by atoms with Crippen LogP contribution in [0.5, 0.6) is 0 Å². The molecule has 0 saturated heterocycles. The molecule has 1 N–H and O–H groups in total. The van der Waals surface area contributed by atoms with Crippen molar-refractivity contribution in [2.45, 2.75) is 44.1 Å². The van der Waals surface area contributed by atoms with Crippen molar-refractivity contribution in [3.05, 3.63) is 0 Å². The molecule has 78 valence electrons. The van der Waals surface area contributed by atoms with Crippen molar-refractivity contribution >= 4 is 17.5 Å². The molecular weight excluding hydrogens is 200 g/mol. The Morgan fingerprint density at radius 2 is 2.21 bits per heavy atom. The van der Waals surface area contributed by atoms with Gasteiger partial charge in [0.1, 0.15) is 5.54 Å². The van der Waals surface area contributed by atoms with Gasteiger partial charge in [0.05, 0.1) is 6.07 Å². The van der Waals surface area contributed by atoms with E-state index in [9.17, 15) is 4.79 Å². The quantitative estimate of drug-likeness (QED) is 0.562. The van der Waals surface area contributed by atoms with E-state index in [-0.39, 0.29) is 5.91 Å². The molecule has 0 radical (unpaired) electrons. The van der Waals surface area contributed by atoms with Crippen LogP contribution >= 0.6 is 11.6 Å². The molecule has 0 bridgehead atoms. The average molecular weight is 215 g/mol. The van der Waals surface area contributed by atoms with Gasteiger partial charge in [-0.3, -0.25) is 4.79 Å². The Bertz CT molecular complexity index is 243. The van der Waals surface area contributed by atoms with Crippen LogP contribution in [0.25, 0.3) is 0 Å². The summed E-state index contributed by atoms with van der Waals surface area (Å²) in [6.07, 6.45) is 4.77. The van der Waals surface area contributed by atoms with Gasteiger partial charge in [0, 0.05) is 12.3 Å². The second-order valence-corrected chi connectivity index (χ2v) is 4.12. The first kappa shape index (κ1) is 11.3. The molecule has 4 heteroatoms. The predicted molar refractivity (Wildman–Crippen MR) is 54.9 cm³/mol. The van der Waals surface area contributed by atoms with Gasteiger partial charge < -0.3 is 5.32 Å². The van der Waals surface area contributed by atoms with Gasteiger partial charge >= 0.3 is 0 Å². The third kappa shape index (κ3) is 2.88. The van der Waals surface area contributed by atoms with Crippen LogP contribution in [0.15, 0.2) is 0 Å². The number of carbonyl (C=O) groups excluding carboxylic acids is 1. The molecule has 0 heterocycles. The Hall–Kier alpha value is -0.750. The maximum atomic E-state index is 11.4. The minimum atomic E-state index is -0.544. The Morgan fingerprint density at radius 1 is 1.50 bits per heavy atom. The van der Waals surface area contributed by atoms with Crippen molar-refractivity contribution in [3.63, 3.8) is 0 Å². The van der Waals surface area contributed by atoms with E-state index in [0.29, 0.717) is 12.3 Å². The van der Waals surface area contributed by atoms with Crippen LogP contribution in [0.3, 0.4) is 0 Å². The molecule has 1 saturated carbocycles. The van der Waals surface area contributed by atoms with Crippen LogP contribution in [0.2, 0.25) is 0 Å². The second kappa shape index (κ2) is 5.21. The van der Waals surface area contributed by atoms with Crippen LogP contribution in [0, 0.1) is 11.3 Å². The topological polar surface area (TPSA) is 52.9 Å². The summed E-state index contributed by atoms with van der Waals surface area (Å²) in [5.74, 6) is 0.577. The summed E-state index contributed by atoms with van der Waals surface area (Å²) in [7, 11) is 0. The predicted octanol–water partition coefficient (Wildman–Crippen LogP) is 1.96. The molecule has 0 aromatic rings. The van der Waals surface area contributed by atoms with Crippen molar-refractivity contribution in [1.29, 1.82) is 5.26 Å². The SMILES string of the molecule is N#CC1(NC(=O)CCCCCl)CCC1. The highest BCUT2D eigenvalue weighted by Gasteiger charge is 2.38. The summed E-state index contributed by atoms with van der Waals surface area (Å²) < 4.78 is 0. The molecule has 0 spiro atoms. The number of nitrogens with zero attached hydrogens (tertiary/aromatic N) is 1. The van der Waals surface area contributed by atoms with E-state index in [2.05, 4.69) is 11.4 Å². The van der Waals surface area contributed by atoms with Crippen LogP contribution in [0.1, 0.15) is 38.5 Å². The second-order valence-electron chi connectivity index (χ2n) is 3.74. The monoisotopic (exact) mass is 214 g/mol. The summed E-state index contributed by atoms with van der Waals surface area (Å²) in [5.41, 5.74) is -0.544. The van der Waals surface area contributed by atoms with Crippen LogP contribution in [-0.2, 0) is 4.79 Å². The standard InChI is InChI=1S/C10H15ClN2O/c11-7-2-1-4-9(14)13-10(8-12)5-3-6-10/h1-7H2,(H,13,14). The number of alkyl halides is 1. The van der Waals surface area contributed by atoms with E-state index in [4.69, 9.17) is 16.9 Å². The lowest BCUT2D eigenvalue weighted by Gasteiger charge is -2.35. The van der Waals surface area contributed by atoms with Gasteiger partial charge in [0.15, 0.2) is 0 Å². The van der Waals surface area contributed by atoms with Crippen LogP contribution in [-0.4, -0.2) is 17.3 Å². The van der Waals surface area contributed by atoms with Gasteiger partial charge in [-0.05, 0) is 32.1 Å². The molecule has 1 fully saturated rings. The van der Waals surface area contributed by atoms with E-state index in [1.807, 2.05) is 0 Å².